The van der Waals surface area contributed by atoms with E-state index in [1.54, 1.807) is 0 Å². The van der Waals surface area contributed by atoms with Crippen molar-refractivity contribution in [3.05, 3.63) is 0 Å². The Morgan fingerprint density at radius 3 is 0.776 bits per heavy atom. The highest BCUT2D eigenvalue weighted by atomic mass is 31.2. The van der Waals surface area contributed by atoms with Crippen LogP contribution in [0.15, 0.2) is 0 Å². The van der Waals surface area contributed by atoms with E-state index >= 15 is 0 Å². The highest BCUT2D eigenvalue weighted by molar-refractivity contribution is 7.47. The van der Waals surface area contributed by atoms with Crippen molar-refractivity contribution in [2.45, 2.75) is 426 Å². The van der Waals surface area contributed by atoms with Gasteiger partial charge in [-0.3, -0.25) is 37.3 Å². The maximum Gasteiger partial charge on any atom is 0.472 e. The van der Waals surface area contributed by atoms with E-state index in [0.717, 1.165) is 108 Å². The van der Waals surface area contributed by atoms with E-state index in [-0.39, 0.29) is 25.7 Å². The average molecular weight is 1440 g/mol. The molecule has 17 nitrogen and oxygen atoms in total. The number of unbranched alkanes of at least 4 members (excludes halogenated alkanes) is 44. The third-order valence-corrected chi connectivity index (χ3v) is 20.6. The summed E-state index contributed by atoms with van der Waals surface area (Å²) in [4.78, 5) is 73.0. The first kappa shape index (κ1) is 96.1. The maximum atomic E-state index is 13.1. The van der Waals surface area contributed by atoms with Crippen molar-refractivity contribution >= 4 is 39.5 Å². The van der Waals surface area contributed by atoms with Crippen LogP contribution in [0.5, 0.6) is 0 Å². The van der Waals surface area contributed by atoms with Crippen molar-refractivity contribution < 1.29 is 80.2 Å². The molecule has 0 saturated carbocycles. The number of hydrogen-bond acceptors (Lipinski definition) is 15. The summed E-state index contributed by atoms with van der Waals surface area (Å²) in [6.45, 7) is 11.9. The molecule has 0 radical (unpaired) electrons. The second kappa shape index (κ2) is 69.4. The first-order valence-electron chi connectivity index (χ1n) is 40.9. The Labute approximate surface area is 600 Å². The molecule has 0 spiro atoms. The quantitative estimate of drug-likeness (QED) is 0.0222. The number of hydrogen-bond donors (Lipinski definition) is 3. The van der Waals surface area contributed by atoms with Gasteiger partial charge in [-0.1, -0.05) is 357 Å². The molecule has 19 heteroatoms. The first-order valence-corrected chi connectivity index (χ1v) is 43.9. The fraction of sp³-hybridized carbons (Fsp3) is 0.949. The Bertz CT molecular complexity index is 1910. The molecule has 3 N–H and O–H groups in total. The number of carbonyl (C=O) groups excluding carboxylic acids is 4. The lowest BCUT2D eigenvalue weighted by Crippen LogP contribution is -2.30. The average Bonchev–Trinajstić information content (AvgIpc) is 1.00. The summed E-state index contributed by atoms with van der Waals surface area (Å²) in [7, 11) is -9.92. The van der Waals surface area contributed by atoms with Crippen LogP contribution >= 0.6 is 15.6 Å². The number of carbonyl (C=O) groups is 4. The fourth-order valence-corrected chi connectivity index (χ4v) is 13.7. The second-order valence-corrected chi connectivity index (χ2v) is 32.6. The molecule has 6 atom stereocenters. The molecule has 0 rings (SSSR count). The molecule has 582 valence electrons. The monoisotopic (exact) mass is 1440 g/mol. The molecule has 0 aliphatic carbocycles. The second-order valence-electron chi connectivity index (χ2n) is 29.6. The molecule has 0 fully saturated rings. The van der Waals surface area contributed by atoms with E-state index < -0.39 is 97.5 Å². The van der Waals surface area contributed by atoms with Gasteiger partial charge < -0.3 is 33.8 Å². The smallest absolute Gasteiger partial charge is 0.462 e. The predicted octanol–water partition coefficient (Wildman–Crippen LogP) is 23.4. The van der Waals surface area contributed by atoms with Gasteiger partial charge >= 0.3 is 39.5 Å². The Hall–Kier alpha value is -1.94. The largest absolute Gasteiger partial charge is 0.472 e. The third kappa shape index (κ3) is 71.1. The molecule has 0 aliphatic rings. The van der Waals surface area contributed by atoms with Crippen molar-refractivity contribution in [3.8, 4) is 0 Å². The summed E-state index contributed by atoms with van der Waals surface area (Å²) >= 11 is 0. The van der Waals surface area contributed by atoms with Crippen LogP contribution in [0.2, 0.25) is 0 Å². The first-order chi connectivity index (χ1) is 47.3. The van der Waals surface area contributed by atoms with Gasteiger partial charge in [0.05, 0.1) is 26.4 Å². The number of esters is 4. The summed E-state index contributed by atoms with van der Waals surface area (Å²) in [6, 6.07) is 0. The highest BCUT2D eigenvalue weighted by Crippen LogP contribution is 2.45. The Morgan fingerprint density at radius 1 is 0.296 bits per heavy atom. The van der Waals surface area contributed by atoms with Crippen LogP contribution in [0.4, 0.5) is 0 Å². The summed E-state index contributed by atoms with van der Waals surface area (Å²) in [5.41, 5.74) is 0. The van der Waals surface area contributed by atoms with Gasteiger partial charge in [0.15, 0.2) is 12.2 Å². The topological polar surface area (TPSA) is 237 Å². The molecular formula is C79H154O17P2. The van der Waals surface area contributed by atoms with Gasteiger partial charge in [0.1, 0.15) is 19.3 Å². The molecular weight excluding hydrogens is 1280 g/mol. The molecule has 0 saturated heterocycles. The lowest BCUT2D eigenvalue weighted by molar-refractivity contribution is -0.161. The van der Waals surface area contributed by atoms with E-state index in [0.29, 0.717) is 25.7 Å². The number of phosphoric acid groups is 2. The van der Waals surface area contributed by atoms with Crippen LogP contribution in [0.25, 0.3) is 0 Å². The zero-order valence-corrected chi connectivity index (χ0v) is 66.0. The highest BCUT2D eigenvalue weighted by Gasteiger charge is 2.30. The van der Waals surface area contributed by atoms with Crippen molar-refractivity contribution in [2.75, 3.05) is 39.6 Å². The zero-order valence-electron chi connectivity index (χ0n) is 64.3. The van der Waals surface area contributed by atoms with Gasteiger partial charge in [-0.05, 0) is 43.4 Å². The van der Waals surface area contributed by atoms with Crippen LogP contribution in [-0.4, -0.2) is 96.7 Å². The summed E-state index contributed by atoms with van der Waals surface area (Å²) in [5, 5.41) is 10.6. The number of phosphoric ester groups is 2. The summed E-state index contributed by atoms with van der Waals surface area (Å²) in [6.07, 6.45) is 56.9. The van der Waals surface area contributed by atoms with Gasteiger partial charge in [-0.15, -0.1) is 0 Å². The van der Waals surface area contributed by atoms with Crippen LogP contribution in [0.3, 0.4) is 0 Å². The minimum Gasteiger partial charge on any atom is -0.462 e. The molecule has 0 bridgehead atoms. The van der Waals surface area contributed by atoms with Gasteiger partial charge in [0.2, 0.25) is 0 Å². The van der Waals surface area contributed by atoms with Crippen LogP contribution < -0.4 is 0 Å². The number of rotatable bonds is 77. The lowest BCUT2D eigenvalue weighted by Gasteiger charge is -2.21. The van der Waals surface area contributed by atoms with Crippen molar-refractivity contribution in [1.29, 1.82) is 0 Å². The number of aliphatic hydroxyl groups excluding tert-OH is 1. The molecule has 0 aromatic heterocycles. The van der Waals surface area contributed by atoms with E-state index in [9.17, 15) is 43.2 Å². The summed E-state index contributed by atoms with van der Waals surface area (Å²) < 4.78 is 68.7. The Morgan fingerprint density at radius 2 is 0.520 bits per heavy atom. The molecule has 0 aromatic carbocycles. The molecule has 0 heterocycles. The van der Waals surface area contributed by atoms with Crippen molar-refractivity contribution in [1.82, 2.24) is 0 Å². The molecule has 0 aromatic rings. The number of ether oxygens (including phenoxy) is 4. The molecule has 0 amide bonds. The minimum atomic E-state index is -4.96. The molecule has 3 unspecified atom stereocenters. The van der Waals surface area contributed by atoms with Gasteiger partial charge in [0, 0.05) is 25.7 Å². The standard InChI is InChI=1S/C79H154O17P2/c1-8-10-11-12-13-14-15-16-17-18-19-20-21-22-27-32-41-48-55-62-78(83)95-74(66-89-76(81)60-53-46-39-31-26-24-23-25-29-36-43-50-57-70(3)4)68-93-97(85,86)91-64-73(80)65-92-98(87,88)94-69-75(96-79(84)63-56-49-42-33-28-30-37-44-51-58-71(5)6)67-90-77(82)61-54-47-40-35-34-38-45-52-59-72(7)9-2/h70-75,80H,8-69H2,1-7H3,(H,85,86)(H,87,88)/t72?,73-,74-,75-/m1/s1. The van der Waals surface area contributed by atoms with E-state index in [1.807, 2.05) is 0 Å². The van der Waals surface area contributed by atoms with E-state index in [1.165, 1.54) is 218 Å². The van der Waals surface area contributed by atoms with Crippen molar-refractivity contribution in [2.24, 2.45) is 17.8 Å². The van der Waals surface area contributed by atoms with Crippen molar-refractivity contribution in [3.63, 3.8) is 0 Å². The van der Waals surface area contributed by atoms with Crippen LogP contribution in [0.1, 0.15) is 408 Å². The zero-order chi connectivity index (χ0) is 72.3. The SMILES string of the molecule is CCCCCCCCCCCCCCCCCCCCCC(=O)O[C@H](COC(=O)CCCCCCCCCCCCCCC(C)C)COP(=O)(O)OC[C@@H](O)COP(=O)(O)OC[C@@H](COC(=O)CCCCCCCCCCC(C)CC)OC(=O)CCCCCCCCCCCC(C)C. The van der Waals surface area contributed by atoms with Gasteiger partial charge in [-0.2, -0.15) is 0 Å². The fourth-order valence-electron chi connectivity index (χ4n) is 12.1. The predicted molar refractivity (Wildman–Crippen MR) is 400 cm³/mol. The van der Waals surface area contributed by atoms with Crippen LogP contribution in [-0.2, 0) is 65.4 Å². The maximum absolute atomic E-state index is 13.1. The van der Waals surface area contributed by atoms with E-state index in [4.69, 9.17) is 37.0 Å². The van der Waals surface area contributed by atoms with E-state index in [2.05, 4.69) is 48.5 Å². The Kier molecular flexibility index (Phi) is 68.1. The van der Waals surface area contributed by atoms with Crippen LogP contribution in [0, 0.1) is 17.8 Å². The molecule has 98 heavy (non-hydrogen) atoms. The van der Waals surface area contributed by atoms with Gasteiger partial charge in [0.25, 0.3) is 0 Å². The Balaban J connectivity index is 5.25. The lowest BCUT2D eigenvalue weighted by atomic mass is 9.99. The molecule has 0 aliphatic heterocycles. The minimum absolute atomic E-state index is 0.105. The number of aliphatic hydroxyl groups is 1. The summed E-state index contributed by atoms with van der Waals surface area (Å²) in [5.74, 6) is 0.181. The third-order valence-electron chi connectivity index (χ3n) is 18.7. The van der Waals surface area contributed by atoms with Gasteiger partial charge in [-0.25, -0.2) is 9.13 Å². The normalized spacial score (nSPS) is 14.3.